The highest BCUT2D eigenvalue weighted by molar-refractivity contribution is 7.94. The zero-order valence-electron chi connectivity index (χ0n) is 11.3. The van der Waals surface area contributed by atoms with Gasteiger partial charge in [-0.05, 0) is 39.0 Å². The summed E-state index contributed by atoms with van der Waals surface area (Å²) < 4.78 is 24.6. The van der Waals surface area contributed by atoms with Gasteiger partial charge in [0.1, 0.15) is 0 Å². The molecule has 0 aromatic heterocycles. The van der Waals surface area contributed by atoms with Gasteiger partial charge in [0.25, 0.3) is 0 Å². The summed E-state index contributed by atoms with van der Waals surface area (Å²) in [6, 6.07) is 4.10. The quantitative estimate of drug-likeness (QED) is 0.821. The van der Waals surface area contributed by atoms with E-state index < -0.39 is 20.7 Å². The Bertz CT molecular complexity index is 603. The van der Waals surface area contributed by atoms with E-state index in [9.17, 15) is 13.2 Å². The van der Waals surface area contributed by atoms with Gasteiger partial charge < -0.3 is 10.8 Å². The lowest BCUT2D eigenvalue weighted by atomic mass is 10.1. The lowest BCUT2D eigenvalue weighted by Gasteiger charge is -2.29. The molecule has 3 N–H and O–H groups in total. The van der Waals surface area contributed by atoms with Crippen molar-refractivity contribution in [1.82, 2.24) is 0 Å². The molecule has 0 amide bonds. The molecule has 0 saturated heterocycles. The summed E-state index contributed by atoms with van der Waals surface area (Å²) in [6.45, 7) is 4.66. The molecule has 1 rings (SSSR count). The average molecular weight is 286 g/mol. The topological polar surface area (TPSA) is 101 Å². The molecule has 1 aromatic rings. The van der Waals surface area contributed by atoms with Crippen LogP contribution in [0.2, 0.25) is 0 Å². The molecule has 0 atom stereocenters. The molecule has 0 bridgehead atoms. The number of benzene rings is 1. The Hall–Kier alpha value is -1.76. The molecule has 0 radical (unpaired) electrons. The highest BCUT2D eigenvalue weighted by atomic mass is 32.2. The Morgan fingerprint density at radius 3 is 2.26 bits per heavy atom. The SMILES string of the molecule is CN(c1ccc(N)cc1C(=O)O)S(=O)(=O)C(C)(C)C. The molecule has 0 aliphatic rings. The predicted molar refractivity (Wildman–Crippen MR) is 74.9 cm³/mol. The first-order valence-electron chi connectivity index (χ1n) is 5.60. The first-order valence-corrected chi connectivity index (χ1v) is 7.04. The van der Waals surface area contributed by atoms with Gasteiger partial charge in [0.15, 0.2) is 0 Å². The number of sulfonamides is 1. The summed E-state index contributed by atoms with van der Waals surface area (Å²) in [5.41, 5.74) is 5.75. The summed E-state index contributed by atoms with van der Waals surface area (Å²) >= 11 is 0. The Morgan fingerprint density at radius 2 is 1.84 bits per heavy atom. The first kappa shape index (κ1) is 15.3. The Balaban J connectivity index is 3.44. The van der Waals surface area contributed by atoms with Crippen LogP contribution in [0, 0.1) is 0 Å². The molecular weight excluding hydrogens is 268 g/mol. The fourth-order valence-corrected chi connectivity index (χ4v) is 2.78. The minimum Gasteiger partial charge on any atom is -0.478 e. The summed E-state index contributed by atoms with van der Waals surface area (Å²) in [4.78, 5) is 11.2. The van der Waals surface area contributed by atoms with Crippen molar-refractivity contribution < 1.29 is 18.3 Å². The molecule has 0 spiro atoms. The van der Waals surface area contributed by atoms with Crippen LogP contribution < -0.4 is 10.0 Å². The van der Waals surface area contributed by atoms with Gasteiger partial charge >= 0.3 is 5.97 Å². The minimum atomic E-state index is -3.67. The van der Waals surface area contributed by atoms with Crippen LogP contribution in [-0.4, -0.2) is 31.3 Å². The number of carboxylic acids is 1. The second-order valence-corrected chi connectivity index (χ2v) is 7.89. The van der Waals surface area contributed by atoms with Crippen molar-refractivity contribution >= 4 is 27.4 Å². The monoisotopic (exact) mass is 286 g/mol. The third kappa shape index (κ3) is 2.81. The van der Waals surface area contributed by atoms with E-state index in [0.29, 0.717) is 0 Å². The average Bonchev–Trinajstić information content (AvgIpc) is 2.26. The van der Waals surface area contributed by atoms with Crippen LogP contribution in [0.3, 0.4) is 0 Å². The molecular formula is C12H18N2O4S. The lowest BCUT2D eigenvalue weighted by Crippen LogP contribution is -2.41. The van der Waals surface area contributed by atoms with Gasteiger partial charge in [0, 0.05) is 12.7 Å². The van der Waals surface area contributed by atoms with Crippen molar-refractivity contribution in [3.63, 3.8) is 0 Å². The van der Waals surface area contributed by atoms with Gasteiger partial charge in [-0.25, -0.2) is 13.2 Å². The lowest BCUT2D eigenvalue weighted by molar-refractivity contribution is 0.0698. The third-order valence-electron chi connectivity index (χ3n) is 2.72. The number of hydrogen-bond donors (Lipinski definition) is 2. The number of aromatic carboxylic acids is 1. The number of nitrogen functional groups attached to an aromatic ring is 1. The van der Waals surface area contributed by atoms with E-state index in [-0.39, 0.29) is 16.9 Å². The molecule has 19 heavy (non-hydrogen) atoms. The highest BCUT2D eigenvalue weighted by Crippen LogP contribution is 2.29. The van der Waals surface area contributed by atoms with E-state index >= 15 is 0 Å². The molecule has 1 aromatic carbocycles. The van der Waals surface area contributed by atoms with Gasteiger partial charge in [-0.15, -0.1) is 0 Å². The summed E-state index contributed by atoms with van der Waals surface area (Å²) in [7, 11) is -2.34. The minimum absolute atomic E-state index is 0.0941. The van der Waals surface area contributed by atoms with Crippen molar-refractivity contribution in [3.8, 4) is 0 Å². The fraction of sp³-hybridized carbons (Fsp3) is 0.417. The van der Waals surface area contributed by atoms with Crippen LogP contribution in [0.25, 0.3) is 0 Å². The number of rotatable bonds is 3. The normalized spacial score (nSPS) is 12.2. The number of nitrogens with two attached hydrogens (primary N) is 1. The molecule has 6 nitrogen and oxygen atoms in total. The van der Waals surface area contributed by atoms with Crippen molar-refractivity contribution in [2.45, 2.75) is 25.5 Å². The van der Waals surface area contributed by atoms with Crippen molar-refractivity contribution in [1.29, 1.82) is 0 Å². The smallest absolute Gasteiger partial charge is 0.337 e. The summed E-state index contributed by atoms with van der Waals surface area (Å²) in [6.07, 6.45) is 0. The number of hydrogen-bond acceptors (Lipinski definition) is 4. The maximum absolute atomic E-state index is 12.3. The molecule has 0 saturated carbocycles. The Kier molecular flexibility index (Phi) is 3.81. The standard InChI is InChI=1S/C12H18N2O4S/c1-12(2,3)19(17,18)14(4)10-6-5-8(13)7-9(10)11(15)16/h5-7H,13H2,1-4H3,(H,15,16). The first-order chi connectivity index (χ1) is 8.48. The maximum Gasteiger partial charge on any atom is 0.337 e. The second kappa shape index (κ2) is 4.73. The molecule has 0 aliphatic heterocycles. The van der Waals surface area contributed by atoms with Crippen LogP contribution in [0.5, 0.6) is 0 Å². The zero-order chi connectivity index (χ0) is 15.0. The van der Waals surface area contributed by atoms with Gasteiger partial charge in [0.05, 0.1) is 16.0 Å². The largest absolute Gasteiger partial charge is 0.478 e. The van der Waals surface area contributed by atoms with Crippen LogP contribution in [-0.2, 0) is 10.0 Å². The van der Waals surface area contributed by atoms with E-state index in [4.69, 9.17) is 10.8 Å². The van der Waals surface area contributed by atoms with E-state index in [2.05, 4.69) is 0 Å². The molecule has 7 heteroatoms. The number of anilines is 2. The van der Waals surface area contributed by atoms with E-state index in [1.807, 2.05) is 0 Å². The van der Waals surface area contributed by atoms with Gasteiger partial charge in [-0.1, -0.05) is 0 Å². The Morgan fingerprint density at radius 1 is 1.32 bits per heavy atom. The Labute approximate surface area is 112 Å². The predicted octanol–water partition coefficient (Wildman–Crippen LogP) is 1.53. The molecule has 0 fully saturated rings. The van der Waals surface area contributed by atoms with Gasteiger partial charge in [-0.2, -0.15) is 0 Å². The maximum atomic E-state index is 12.3. The second-order valence-electron chi connectivity index (χ2n) is 5.17. The molecule has 0 unspecified atom stereocenters. The van der Waals surface area contributed by atoms with Crippen molar-refractivity contribution in [3.05, 3.63) is 23.8 Å². The van der Waals surface area contributed by atoms with Crippen LogP contribution in [0.1, 0.15) is 31.1 Å². The number of carbonyl (C=O) groups is 1. The van der Waals surface area contributed by atoms with Crippen molar-refractivity contribution in [2.75, 3.05) is 17.1 Å². The van der Waals surface area contributed by atoms with E-state index in [0.717, 1.165) is 4.31 Å². The molecule has 0 heterocycles. The highest BCUT2D eigenvalue weighted by Gasteiger charge is 2.34. The number of nitrogens with zero attached hydrogens (tertiary/aromatic N) is 1. The van der Waals surface area contributed by atoms with Gasteiger partial charge in [0.2, 0.25) is 10.0 Å². The molecule has 106 valence electrons. The zero-order valence-corrected chi connectivity index (χ0v) is 12.2. The summed E-state index contributed by atoms with van der Waals surface area (Å²) in [5.74, 6) is -1.22. The van der Waals surface area contributed by atoms with E-state index in [1.165, 1.54) is 25.2 Å². The number of carboxylic acid groups (broad SMARTS) is 1. The van der Waals surface area contributed by atoms with Gasteiger partial charge in [-0.3, -0.25) is 4.31 Å². The van der Waals surface area contributed by atoms with Crippen molar-refractivity contribution in [2.24, 2.45) is 0 Å². The molecule has 0 aliphatic carbocycles. The van der Waals surface area contributed by atoms with Crippen LogP contribution >= 0.6 is 0 Å². The fourth-order valence-electron chi connectivity index (χ4n) is 1.54. The van der Waals surface area contributed by atoms with Crippen LogP contribution in [0.4, 0.5) is 11.4 Å². The van der Waals surface area contributed by atoms with Crippen LogP contribution in [0.15, 0.2) is 18.2 Å². The summed E-state index contributed by atoms with van der Waals surface area (Å²) in [5, 5.41) is 9.13. The van der Waals surface area contributed by atoms with E-state index in [1.54, 1.807) is 20.8 Å². The third-order valence-corrected chi connectivity index (χ3v) is 5.19.